The molecule has 2 N–H and O–H groups in total. The number of H-pyrrole nitrogens is 1. The van der Waals surface area contributed by atoms with Crippen molar-refractivity contribution in [2.45, 2.75) is 19.6 Å². The molecule has 34 heavy (non-hydrogen) atoms. The maximum atomic E-state index is 14.6. The Morgan fingerprint density at radius 3 is 2.91 bits per heavy atom. The van der Waals surface area contributed by atoms with Gasteiger partial charge in [-0.05, 0) is 25.1 Å². The fourth-order valence-corrected chi connectivity index (χ4v) is 3.74. The Labute approximate surface area is 195 Å². The number of aromatic amines is 1. The Balaban J connectivity index is 1.21. The molecule has 1 unspecified atom stereocenters. The molecule has 2 aromatic heterocycles. The molecule has 1 aliphatic rings. The highest BCUT2D eigenvalue weighted by Crippen LogP contribution is 2.37. The molecule has 13 heteroatoms. The monoisotopic (exact) mass is 484 g/mol. The van der Waals surface area contributed by atoms with Gasteiger partial charge in [-0.15, -0.1) is 21.5 Å². The molecule has 0 spiro atoms. The highest BCUT2D eigenvalue weighted by Gasteiger charge is 2.20. The Kier molecular flexibility index (Phi) is 5.91. The van der Waals surface area contributed by atoms with E-state index in [0.717, 1.165) is 11.3 Å². The molecule has 1 atom stereocenters. The van der Waals surface area contributed by atoms with Crippen molar-refractivity contribution in [2.24, 2.45) is 0 Å². The summed E-state index contributed by atoms with van der Waals surface area (Å²) >= 11 is 1.11. The van der Waals surface area contributed by atoms with Crippen molar-refractivity contribution in [3.05, 3.63) is 64.0 Å². The molecule has 2 aromatic carbocycles. The fraction of sp³-hybridized carbons (Fsp3) is 0.190. The van der Waals surface area contributed by atoms with Crippen LogP contribution in [0.1, 0.15) is 34.1 Å². The zero-order valence-corrected chi connectivity index (χ0v) is 18.5. The van der Waals surface area contributed by atoms with Crippen LogP contribution in [-0.4, -0.2) is 38.3 Å². The van der Waals surface area contributed by atoms with Crippen LogP contribution in [0.5, 0.6) is 28.9 Å². The summed E-state index contributed by atoms with van der Waals surface area (Å²) < 4.78 is 36.6. The van der Waals surface area contributed by atoms with Crippen molar-refractivity contribution in [1.82, 2.24) is 30.9 Å². The number of benzene rings is 2. The number of hydrogen-bond donors (Lipinski definition) is 2. The normalized spacial score (nSPS) is 12.9. The van der Waals surface area contributed by atoms with Crippen LogP contribution in [0, 0.1) is 5.82 Å². The van der Waals surface area contributed by atoms with Crippen LogP contribution in [0.2, 0.25) is 0 Å². The van der Waals surface area contributed by atoms with Gasteiger partial charge in [0.1, 0.15) is 17.3 Å². The highest BCUT2D eigenvalue weighted by atomic mass is 32.1. The zero-order valence-electron chi connectivity index (χ0n) is 17.6. The number of ether oxygens (including phenoxy) is 4. The average Bonchev–Trinajstić information content (AvgIpc) is 3.59. The lowest BCUT2D eigenvalue weighted by Crippen LogP contribution is -2.23. The van der Waals surface area contributed by atoms with Gasteiger partial charge in [0.25, 0.3) is 5.91 Å². The second kappa shape index (κ2) is 9.31. The molecule has 0 saturated carbocycles. The molecule has 0 aliphatic carbocycles. The maximum absolute atomic E-state index is 14.6. The molecular weight excluding hydrogens is 467 g/mol. The van der Waals surface area contributed by atoms with Gasteiger partial charge in [0.05, 0.1) is 5.51 Å². The van der Waals surface area contributed by atoms with Gasteiger partial charge in [0.2, 0.25) is 18.5 Å². The summed E-state index contributed by atoms with van der Waals surface area (Å²) in [6.45, 7) is 1.83. The molecular formula is C21H17FN6O5S. The third-order valence-electron chi connectivity index (χ3n) is 4.80. The van der Waals surface area contributed by atoms with Crippen LogP contribution in [0.25, 0.3) is 0 Å². The minimum Gasteiger partial charge on any atom is -0.482 e. The molecule has 174 valence electrons. The molecule has 1 amide bonds. The van der Waals surface area contributed by atoms with Gasteiger partial charge in [0, 0.05) is 24.2 Å². The van der Waals surface area contributed by atoms with Gasteiger partial charge in [-0.2, -0.15) is 5.21 Å². The standard InChI is InChI=1S/C21H17FN6O5S/c1-11(19-25-27-28-26-19)32-13-3-2-12(15(22)6-13)8-23-20(29)18-21(24-9-34-18)33-14-4-5-16-17(7-14)31-10-30-16/h2-7,9,11H,8,10H2,1H3,(H,23,29)(H,25,26,27,28). The minimum absolute atomic E-state index is 0.0350. The predicted octanol–water partition coefficient (Wildman–Crippen LogP) is 3.39. The molecule has 5 rings (SSSR count). The average molecular weight is 484 g/mol. The Bertz CT molecular complexity index is 1310. The summed E-state index contributed by atoms with van der Waals surface area (Å²) in [7, 11) is 0. The van der Waals surface area contributed by atoms with Crippen LogP contribution in [0.4, 0.5) is 4.39 Å². The first-order valence-electron chi connectivity index (χ1n) is 10.0. The molecule has 0 bridgehead atoms. The van der Waals surface area contributed by atoms with E-state index in [4.69, 9.17) is 18.9 Å². The minimum atomic E-state index is -0.528. The molecule has 1 aliphatic heterocycles. The number of fused-ring (bicyclic) bond motifs is 1. The van der Waals surface area contributed by atoms with Crippen LogP contribution in [0.15, 0.2) is 41.9 Å². The number of rotatable bonds is 8. The Morgan fingerprint density at radius 1 is 1.24 bits per heavy atom. The van der Waals surface area contributed by atoms with Crippen LogP contribution in [-0.2, 0) is 6.54 Å². The van der Waals surface area contributed by atoms with E-state index in [-0.39, 0.29) is 29.7 Å². The van der Waals surface area contributed by atoms with E-state index in [1.165, 1.54) is 17.6 Å². The quantitative estimate of drug-likeness (QED) is 0.386. The first kappa shape index (κ1) is 21.6. The van der Waals surface area contributed by atoms with Gasteiger partial charge in [-0.25, -0.2) is 9.37 Å². The van der Waals surface area contributed by atoms with E-state index >= 15 is 0 Å². The Hall–Kier alpha value is -4.26. The third-order valence-corrected chi connectivity index (χ3v) is 5.61. The van der Waals surface area contributed by atoms with Crippen molar-refractivity contribution >= 4 is 17.2 Å². The largest absolute Gasteiger partial charge is 0.482 e. The number of thiazole rings is 1. The van der Waals surface area contributed by atoms with Gasteiger partial charge in [0.15, 0.2) is 22.5 Å². The van der Waals surface area contributed by atoms with E-state index in [0.29, 0.717) is 28.8 Å². The third kappa shape index (κ3) is 4.59. The number of nitrogens with one attached hydrogen (secondary N) is 2. The van der Waals surface area contributed by atoms with E-state index in [1.807, 2.05) is 0 Å². The fourth-order valence-electron chi connectivity index (χ4n) is 3.11. The second-order valence-electron chi connectivity index (χ2n) is 7.07. The molecule has 0 fully saturated rings. The molecule has 0 radical (unpaired) electrons. The first-order chi connectivity index (χ1) is 16.6. The van der Waals surface area contributed by atoms with Crippen molar-refractivity contribution in [3.8, 4) is 28.9 Å². The van der Waals surface area contributed by atoms with Gasteiger partial charge in [-0.1, -0.05) is 11.3 Å². The maximum Gasteiger partial charge on any atom is 0.267 e. The SMILES string of the molecule is CC(Oc1ccc(CNC(=O)c2scnc2Oc2ccc3c(c2)OCO3)c(F)c1)c1nn[nH]n1. The van der Waals surface area contributed by atoms with E-state index < -0.39 is 17.8 Å². The summed E-state index contributed by atoms with van der Waals surface area (Å²) in [5.74, 6) is 1.43. The molecule has 11 nitrogen and oxygen atoms in total. The van der Waals surface area contributed by atoms with E-state index in [9.17, 15) is 9.18 Å². The number of carbonyl (C=O) groups is 1. The molecule has 0 saturated heterocycles. The Morgan fingerprint density at radius 2 is 2.09 bits per heavy atom. The lowest BCUT2D eigenvalue weighted by Gasteiger charge is -2.12. The topological polar surface area (TPSA) is 133 Å². The molecule has 4 aromatic rings. The lowest BCUT2D eigenvalue weighted by molar-refractivity contribution is 0.0952. The summed E-state index contributed by atoms with van der Waals surface area (Å²) in [4.78, 5) is 17.1. The smallest absolute Gasteiger partial charge is 0.267 e. The summed E-state index contributed by atoms with van der Waals surface area (Å²) in [6, 6.07) is 9.42. The van der Waals surface area contributed by atoms with Crippen LogP contribution in [0.3, 0.4) is 0 Å². The zero-order chi connectivity index (χ0) is 23.5. The number of nitrogens with zero attached hydrogens (tertiary/aromatic N) is 4. The number of aromatic nitrogens is 5. The second-order valence-corrected chi connectivity index (χ2v) is 7.92. The lowest BCUT2D eigenvalue weighted by atomic mass is 10.2. The first-order valence-corrected chi connectivity index (χ1v) is 10.9. The number of carbonyl (C=O) groups excluding carboxylic acids is 1. The summed E-state index contributed by atoms with van der Waals surface area (Å²) in [5.41, 5.74) is 1.78. The predicted molar refractivity (Wildman–Crippen MR) is 116 cm³/mol. The van der Waals surface area contributed by atoms with E-state index in [2.05, 4.69) is 30.9 Å². The van der Waals surface area contributed by atoms with Crippen molar-refractivity contribution in [2.75, 3.05) is 6.79 Å². The van der Waals surface area contributed by atoms with Crippen LogP contribution < -0.4 is 24.3 Å². The summed E-state index contributed by atoms with van der Waals surface area (Å²) in [6.07, 6.45) is -0.516. The van der Waals surface area contributed by atoms with E-state index in [1.54, 1.807) is 31.2 Å². The van der Waals surface area contributed by atoms with Gasteiger partial charge < -0.3 is 24.3 Å². The number of halogens is 1. The number of hydrogen-bond acceptors (Lipinski definition) is 10. The number of amides is 1. The van der Waals surface area contributed by atoms with Crippen molar-refractivity contribution in [3.63, 3.8) is 0 Å². The van der Waals surface area contributed by atoms with Gasteiger partial charge in [-0.3, -0.25) is 4.79 Å². The number of tetrazole rings is 1. The van der Waals surface area contributed by atoms with Crippen molar-refractivity contribution < 1.29 is 28.1 Å². The van der Waals surface area contributed by atoms with Gasteiger partial charge >= 0.3 is 0 Å². The summed E-state index contributed by atoms with van der Waals surface area (Å²) in [5, 5.41) is 16.2. The molecule has 3 heterocycles. The highest BCUT2D eigenvalue weighted by molar-refractivity contribution is 7.12. The van der Waals surface area contributed by atoms with Crippen molar-refractivity contribution in [1.29, 1.82) is 0 Å². The van der Waals surface area contributed by atoms with Crippen LogP contribution >= 0.6 is 11.3 Å².